The van der Waals surface area contributed by atoms with Gasteiger partial charge in [-0.3, -0.25) is 0 Å². The number of rotatable bonds is 3. The Bertz CT molecular complexity index is 243. The molecule has 0 saturated carbocycles. The van der Waals surface area contributed by atoms with E-state index >= 15 is 0 Å². The number of carbonyl (C=O) groups excluding carboxylic acids is 1. The average Bonchev–Trinajstić information content (AvgIpc) is 2.06. The summed E-state index contributed by atoms with van der Waals surface area (Å²) in [5, 5.41) is 0. The lowest BCUT2D eigenvalue weighted by Gasteiger charge is -2.03. The molecule has 1 radical (unpaired) electrons. The summed E-state index contributed by atoms with van der Waals surface area (Å²) < 4.78 is 5.01. The Hall–Kier alpha value is -1.31. The molecule has 0 fully saturated rings. The first kappa shape index (κ1) is 7.79. The van der Waals surface area contributed by atoms with E-state index in [1.807, 2.05) is 24.3 Å². The van der Waals surface area contributed by atoms with E-state index in [-0.39, 0.29) is 0 Å². The van der Waals surface area contributed by atoms with E-state index in [1.54, 1.807) is 7.11 Å². The van der Waals surface area contributed by atoms with Crippen LogP contribution in [0.15, 0.2) is 24.3 Å². The molecule has 2 heteroatoms. The van der Waals surface area contributed by atoms with Gasteiger partial charge in [-0.25, -0.2) is 0 Å². The van der Waals surface area contributed by atoms with Crippen LogP contribution in [0.25, 0.3) is 0 Å². The first-order valence-electron chi connectivity index (χ1n) is 3.30. The maximum Gasteiger partial charge on any atom is 0.128 e. The molecular weight excluding hydrogens is 140 g/mol. The maximum absolute atomic E-state index is 10.1. The summed E-state index contributed by atoms with van der Waals surface area (Å²) >= 11 is 0. The molecule has 2 nitrogen and oxygen atoms in total. The molecule has 0 atom stereocenters. The molecule has 0 aromatic heterocycles. The first-order valence-corrected chi connectivity index (χ1v) is 3.30. The van der Waals surface area contributed by atoms with E-state index in [0.717, 1.165) is 17.6 Å². The van der Waals surface area contributed by atoms with Gasteiger partial charge in [-0.05, 0) is 6.07 Å². The molecule has 0 aliphatic carbocycles. The number of para-hydroxylation sites is 1. The predicted octanol–water partition coefficient (Wildman–Crippen LogP) is 1.45. The molecule has 0 heterocycles. The third-order valence-corrected chi connectivity index (χ3v) is 1.39. The molecule has 11 heavy (non-hydrogen) atoms. The van der Waals surface area contributed by atoms with Gasteiger partial charge in [0.15, 0.2) is 0 Å². The zero-order valence-electron chi connectivity index (χ0n) is 6.28. The second-order valence-electron chi connectivity index (χ2n) is 2.04. The van der Waals surface area contributed by atoms with Crippen LogP contribution < -0.4 is 4.74 Å². The number of aldehydes is 1. The molecule has 0 spiro atoms. The highest BCUT2D eigenvalue weighted by Crippen LogP contribution is 2.17. The van der Waals surface area contributed by atoms with Crippen molar-refractivity contribution in [3.05, 3.63) is 36.2 Å². The minimum absolute atomic E-state index is 0.722. The number of ether oxygens (including phenoxy) is 1. The normalized spacial score (nSPS) is 9.18. The van der Waals surface area contributed by atoms with Gasteiger partial charge in [-0.2, -0.15) is 0 Å². The Labute approximate surface area is 65.8 Å². The van der Waals surface area contributed by atoms with Crippen LogP contribution in [0.4, 0.5) is 0 Å². The highest BCUT2D eigenvalue weighted by molar-refractivity contribution is 5.69. The summed E-state index contributed by atoms with van der Waals surface area (Å²) in [6, 6.07) is 7.36. The number of benzene rings is 1. The van der Waals surface area contributed by atoms with E-state index in [4.69, 9.17) is 4.74 Å². The molecule has 0 amide bonds. The third-order valence-electron chi connectivity index (χ3n) is 1.39. The van der Waals surface area contributed by atoms with E-state index in [9.17, 15) is 4.79 Å². The average molecular weight is 149 g/mol. The topological polar surface area (TPSA) is 26.3 Å². The molecule has 1 aromatic carbocycles. The Morgan fingerprint density at radius 2 is 2.09 bits per heavy atom. The largest absolute Gasteiger partial charge is 0.496 e. The fraction of sp³-hybridized carbons (Fsp3) is 0.111. The van der Waals surface area contributed by atoms with Crippen LogP contribution >= 0.6 is 0 Å². The van der Waals surface area contributed by atoms with Crippen molar-refractivity contribution in [3.63, 3.8) is 0 Å². The lowest BCUT2D eigenvalue weighted by molar-refractivity contribution is -0.104. The molecule has 0 bridgehead atoms. The van der Waals surface area contributed by atoms with Gasteiger partial charge in [0.1, 0.15) is 12.0 Å². The molecule has 1 aromatic rings. The fourth-order valence-electron chi connectivity index (χ4n) is 0.877. The van der Waals surface area contributed by atoms with Crippen LogP contribution in [0, 0.1) is 6.42 Å². The molecule has 57 valence electrons. The first-order chi connectivity index (χ1) is 5.38. The molecule has 0 aliphatic rings. The van der Waals surface area contributed by atoms with Crippen LogP contribution in [0.1, 0.15) is 5.56 Å². The number of hydrogen-bond donors (Lipinski definition) is 0. The van der Waals surface area contributed by atoms with Gasteiger partial charge in [0.25, 0.3) is 0 Å². The molecule has 1 rings (SSSR count). The summed E-state index contributed by atoms with van der Waals surface area (Å²) in [4.78, 5) is 10.1. The van der Waals surface area contributed by atoms with Gasteiger partial charge in [-0.1, -0.05) is 18.2 Å². The van der Waals surface area contributed by atoms with Crippen molar-refractivity contribution in [1.29, 1.82) is 0 Å². The summed E-state index contributed by atoms with van der Waals surface area (Å²) in [5.41, 5.74) is 0.810. The van der Waals surface area contributed by atoms with E-state index in [2.05, 4.69) is 0 Å². The van der Waals surface area contributed by atoms with E-state index < -0.39 is 0 Å². The van der Waals surface area contributed by atoms with Gasteiger partial charge in [0.2, 0.25) is 0 Å². The van der Waals surface area contributed by atoms with E-state index in [0.29, 0.717) is 0 Å². The van der Waals surface area contributed by atoms with Crippen LogP contribution in [-0.2, 0) is 4.79 Å². The summed E-state index contributed by atoms with van der Waals surface area (Å²) in [6.07, 6.45) is 2.22. The Morgan fingerprint density at radius 1 is 1.36 bits per heavy atom. The lowest BCUT2D eigenvalue weighted by Crippen LogP contribution is -1.89. The number of carbonyl (C=O) groups is 1. The van der Waals surface area contributed by atoms with Crippen molar-refractivity contribution in [2.75, 3.05) is 7.11 Å². The van der Waals surface area contributed by atoms with Gasteiger partial charge >= 0.3 is 0 Å². The number of hydrogen-bond acceptors (Lipinski definition) is 2. The van der Waals surface area contributed by atoms with Crippen molar-refractivity contribution in [2.45, 2.75) is 0 Å². The zero-order chi connectivity index (χ0) is 8.10. The molecule has 0 N–H and O–H groups in total. The minimum Gasteiger partial charge on any atom is -0.496 e. The Kier molecular flexibility index (Phi) is 2.66. The van der Waals surface area contributed by atoms with Gasteiger partial charge in [-0.15, -0.1) is 0 Å². The molecular formula is C9H9O2. The second-order valence-corrected chi connectivity index (χ2v) is 2.04. The van der Waals surface area contributed by atoms with Crippen molar-refractivity contribution in [1.82, 2.24) is 0 Å². The highest BCUT2D eigenvalue weighted by Gasteiger charge is 1.98. The molecule has 0 saturated heterocycles. The summed E-state index contributed by atoms with van der Waals surface area (Å²) in [5.74, 6) is 0.722. The van der Waals surface area contributed by atoms with Gasteiger partial charge in [0.05, 0.1) is 13.5 Å². The van der Waals surface area contributed by atoms with Crippen molar-refractivity contribution in [2.24, 2.45) is 0 Å². The number of methoxy groups -OCH3 is 1. The predicted molar refractivity (Wildman–Crippen MR) is 42.5 cm³/mol. The Morgan fingerprint density at radius 3 is 2.73 bits per heavy atom. The smallest absolute Gasteiger partial charge is 0.128 e. The third kappa shape index (κ3) is 1.80. The van der Waals surface area contributed by atoms with Crippen LogP contribution in [0.3, 0.4) is 0 Å². The molecule has 0 unspecified atom stereocenters. The maximum atomic E-state index is 10.1. The summed E-state index contributed by atoms with van der Waals surface area (Å²) in [6.45, 7) is 0. The van der Waals surface area contributed by atoms with Crippen molar-refractivity contribution < 1.29 is 9.53 Å². The van der Waals surface area contributed by atoms with Crippen molar-refractivity contribution in [3.8, 4) is 5.75 Å². The van der Waals surface area contributed by atoms with Gasteiger partial charge < -0.3 is 9.53 Å². The lowest BCUT2D eigenvalue weighted by atomic mass is 10.1. The Balaban J connectivity index is 2.92. The minimum atomic E-state index is 0.722. The van der Waals surface area contributed by atoms with Crippen LogP contribution in [0.2, 0.25) is 0 Å². The van der Waals surface area contributed by atoms with E-state index in [1.165, 1.54) is 6.42 Å². The summed E-state index contributed by atoms with van der Waals surface area (Å²) in [7, 11) is 1.58. The highest BCUT2D eigenvalue weighted by atomic mass is 16.5. The standard InChI is InChI=1S/C9H9O2/c1-11-9-5-3-2-4-8(9)6-7-10/h2-7H,1H3. The van der Waals surface area contributed by atoms with Crippen LogP contribution in [-0.4, -0.2) is 13.4 Å². The fourth-order valence-corrected chi connectivity index (χ4v) is 0.877. The van der Waals surface area contributed by atoms with Crippen molar-refractivity contribution >= 4 is 6.29 Å². The van der Waals surface area contributed by atoms with Gasteiger partial charge in [0, 0.05) is 5.56 Å². The second kappa shape index (κ2) is 3.76. The van der Waals surface area contributed by atoms with Crippen LogP contribution in [0.5, 0.6) is 5.75 Å². The SMILES string of the molecule is COc1ccccc1[CH]C=O. The zero-order valence-corrected chi connectivity index (χ0v) is 6.28. The quantitative estimate of drug-likeness (QED) is 0.608. The molecule has 0 aliphatic heterocycles. The monoisotopic (exact) mass is 149 g/mol.